The molecule has 0 fully saturated rings. The van der Waals surface area contributed by atoms with Crippen LogP contribution in [-0.4, -0.2) is 36.9 Å². The quantitative estimate of drug-likeness (QED) is 0.705. The third kappa shape index (κ3) is 6.24. The molecule has 0 unspecified atom stereocenters. The minimum Gasteiger partial charge on any atom is -0.497 e. The lowest BCUT2D eigenvalue weighted by molar-refractivity contribution is -0.136. The average molecular weight is 354 g/mol. The number of hydrogen-bond acceptors (Lipinski definition) is 3. The molecule has 0 atom stereocenters. The largest absolute Gasteiger partial charge is 0.497 e. The summed E-state index contributed by atoms with van der Waals surface area (Å²) in [6.45, 7) is 3.52. The third-order valence-electron chi connectivity index (χ3n) is 4.16. The van der Waals surface area contributed by atoms with E-state index in [4.69, 9.17) is 4.74 Å². The van der Waals surface area contributed by atoms with Crippen molar-refractivity contribution >= 4 is 11.8 Å². The van der Waals surface area contributed by atoms with Gasteiger partial charge in [-0.1, -0.05) is 42.5 Å². The van der Waals surface area contributed by atoms with Gasteiger partial charge in [0.2, 0.25) is 11.8 Å². The van der Waals surface area contributed by atoms with Crippen LogP contribution in [0.5, 0.6) is 5.75 Å². The van der Waals surface area contributed by atoms with Crippen molar-refractivity contribution in [1.29, 1.82) is 0 Å². The normalized spacial score (nSPS) is 10.2. The molecule has 5 nitrogen and oxygen atoms in total. The lowest BCUT2D eigenvalue weighted by Gasteiger charge is -2.20. The Balaban J connectivity index is 1.75. The first-order valence-corrected chi connectivity index (χ1v) is 8.83. The first-order valence-electron chi connectivity index (χ1n) is 8.83. The van der Waals surface area contributed by atoms with E-state index in [9.17, 15) is 9.59 Å². The highest BCUT2D eigenvalue weighted by Crippen LogP contribution is 2.11. The number of nitrogens with one attached hydrogen (secondary N) is 1. The van der Waals surface area contributed by atoms with Gasteiger partial charge in [0, 0.05) is 19.6 Å². The Morgan fingerprint density at radius 2 is 1.69 bits per heavy atom. The molecule has 0 saturated carbocycles. The second-order valence-electron chi connectivity index (χ2n) is 6.02. The molecule has 0 aromatic heterocycles. The van der Waals surface area contributed by atoms with E-state index in [1.807, 2.05) is 61.5 Å². The second-order valence-corrected chi connectivity index (χ2v) is 6.02. The molecular weight excluding hydrogens is 328 g/mol. The molecular formula is C21H26N2O3. The number of rotatable bonds is 9. The molecule has 2 rings (SSSR count). The van der Waals surface area contributed by atoms with E-state index in [-0.39, 0.29) is 18.2 Å². The van der Waals surface area contributed by atoms with Gasteiger partial charge in [0.15, 0.2) is 0 Å². The summed E-state index contributed by atoms with van der Waals surface area (Å²) in [7, 11) is 1.63. The molecule has 2 aromatic carbocycles. The van der Waals surface area contributed by atoms with Crippen molar-refractivity contribution in [2.45, 2.75) is 26.3 Å². The molecule has 0 aliphatic carbocycles. The van der Waals surface area contributed by atoms with Crippen LogP contribution in [0.2, 0.25) is 0 Å². The standard InChI is InChI=1S/C21H26N2O3/c1-3-23(16-18-7-5-4-6-8-18)21(25)15-20(24)22-14-13-17-9-11-19(26-2)12-10-17/h4-12H,3,13-16H2,1-2H3,(H,22,24). The molecule has 5 heteroatoms. The van der Waals surface area contributed by atoms with Crippen LogP contribution in [0.25, 0.3) is 0 Å². The van der Waals surface area contributed by atoms with Gasteiger partial charge in [-0.3, -0.25) is 9.59 Å². The van der Waals surface area contributed by atoms with E-state index in [0.29, 0.717) is 26.1 Å². The van der Waals surface area contributed by atoms with Gasteiger partial charge < -0.3 is 15.0 Å². The van der Waals surface area contributed by atoms with Gasteiger partial charge in [0.25, 0.3) is 0 Å². The number of hydrogen-bond donors (Lipinski definition) is 1. The summed E-state index contributed by atoms with van der Waals surface area (Å²) in [6, 6.07) is 17.5. The number of methoxy groups -OCH3 is 1. The SMILES string of the molecule is CCN(Cc1ccccc1)C(=O)CC(=O)NCCc1ccc(OC)cc1. The van der Waals surface area contributed by atoms with Gasteiger partial charge in [-0.05, 0) is 36.6 Å². The Morgan fingerprint density at radius 1 is 1.00 bits per heavy atom. The fraction of sp³-hybridized carbons (Fsp3) is 0.333. The fourth-order valence-corrected chi connectivity index (χ4v) is 2.63. The summed E-state index contributed by atoms with van der Waals surface area (Å²) in [5, 5.41) is 2.82. The molecule has 1 N–H and O–H groups in total. The van der Waals surface area contributed by atoms with Crippen LogP contribution in [0, 0.1) is 0 Å². The molecule has 2 aromatic rings. The Bertz CT molecular complexity index is 699. The summed E-state index contributed by atoms with van der Waals surface area (Å²) >= 11 is 0. The van der Waals surface area contributed by atoms with E-state index in [1.54, 1.807) is 12.0 Å². The first kappa shape index (κ1) is 19.5. The van der Waals surface area contributed by atoms with Crippen molar-refractivity contribution in [3.63, 3.8) is 0 Å². The maximum absolute atomic E-state index is 12.3. The zero-order valence-electron chi connectivity index (χ0n) is 15.4. The molecule has 0 radical (unpaired) electrons. The molecule has 26 heavy (non-hydrogen) atoms. The fourth-order valence-electron chi connectivity index (χ4n) is 2.63. The van der Waals surface area contributed by atoms with E-state index >= 15 is 0 Å². The summed E-state index contributed by atoms with van der Waals surface area (Å²) in [4.78, 5) is 26.1. The van der Waals surface area contributed by atoms with Crippen LogP contribution in [0.4, 0.5) is 0 Å². The Morgan fingerprint density at radius 3 is 2.31 bits per heavy atom. The average Bonchev–Trinajstić information content (AvgIpc) is 2.67. The highest BCUT2D eigenvalue weighted by atomic mass is 16.5. The van der Waals surface area contributed by atoms with Gasteiger partial charge in [-0.15, -0.1) is 0 Å². The zero-order valence-corrected chi connectivity index (χ0v) is 15.4. The summed E-state index contributed by atoms with van der Waals surface area (Å²) in [6.07, 6.45) is 0.592. The summed E-state index contributed by atoms with van der Waals surface area (Å²) in [5.74, 6) is 0.412. The number of benzene rings is 2. The number of carbonyl (C=O) groups excluding carboxylic acids is 2. The molecule has 0 spiro atoms. The predicted octanol–water partition coefficient (Wildman–Crippen LogP) is 2.79. The van der Waals surface area contributed by atoms with Crippen molar-refractivity contribution in [1.82, 2.24) is 10.2 Å². The number of nitrogens with zero attached hydrogens (tertiary/aromatic N) is 1. The smallest absolute Gasteiger partial charge is 0.232 e. The van der Waals surface area contributed by atoms with Gasteiger partial charge in [0.05, 0.1) is 7.11 Å². The Labute approximate surface area is 155 Å². The molecule has 2 amide bonds. The minimum atomic E-state index is -0.241. The predicted molar refractivity (Wildman–Crippen MR) is 102 cm³/mol. The van der Waals surface area contributed by atoms with Crippen molar-refractivity contribution in [3.8, 4) is 5.75 Å². The molecule has 0 heterocycles. The topological polar surface area (TPSA) is 58.6 Å². The summed E-state index contributed by atoms with van der Waals surface area (Å²) < 4.78 is 5.12. The van der Waals surface area contributed by atoms with E-state index in [1.165, 1.54) is 0 Å². The maximum atomic E-state index is 12.3. The van der Waals surface area contributed by atoms with Gasteiger partial charge in [0.1, 0.15) is 12.2 Å². The van der Waals surface area contributed by atoms with Crippen LogP contribution in [-0.2, 0) is 22.6 Å². The van der Waals surface area contributed by atoms with Gasteiger partial charge in [-0.2, -0.15) is 0 Å². The number of ether oxygens (including phenoxy) is 1. The zero-order chi connectivity index (χ0) is 18.8. The van der Waals surface area contributed by atoms with Gasteiger partial charge >= 0.3 is 0 Å². The van der Waals surface area contributed by atoms with Crippen LogP contribution in [0.1, 0.15) is 24.5 Å². The number of carbonyl (C=O) groups is 2. The first-order chi connectivity index (χ1) is 12.6. The molecule has 0 aliphatic rings. The Kier molecular flexibility index (Phi) is 7.68. The molecule has 138 valence electrons. The monoisotopic (exact) mass is 354 g/mol. The summed E-state index contributed by atoms with van der Waals surface area (Å²) in [5.41, 5.74) is 2.17. The minimum absolute atomic E-state index is 0.122. The van der Waals surface area contributed by atoms with Crippen molar-refractivity contribution in [3.05, 3.63) is 65.7 Å². The highest BCUT2D eigenvalue weighted by molar-refractivity contribution is 5.96. The lowest BCUT2D eigenvalue weighted by Crippen LogP contribution is -2.35. The van der Waals surface area contributed by atoms with Crippen molar-refractivity contribution in [2.75, 3.05) is 20.2 Å². The second kappa shape index (κ2) is 10.2. The Hall–Kier alpha value is -2.82. The highest BCUT2D eigenvalue weighted by Gasteiger charge is 2.16. The number of amides is 2. The van der Waals surface area contributed by atoms with Crippen LogP contribution in [0.15, 0.2) is 54.6 Å². The third-order valence-corrected chi connectivity index (χ3v) is 4.16. The molecule has 0 bridgehead atoms. The van der Waals surface area contributed by atoms with Crippen LogP contribution in [0.3, 0.4) is 0 Å². The van der Waals surface area contributed by atoms with E-state index in [2.05, 4.69) is 5.32 Å². The molecule has 0 saturated heterocycles. The van der Waals surface area contributed by atoms with E-state index < -0.39 is 0 Å². The van der Waals surface area contributed by atoms with Crippen LogP contribution < -0.4 is 10.1 Å². The lowest BCUT2D eigenvalue weighted by atomic mass is 10.1. The van der Waals surface area contributed by atoms with Crippen molar-refractivity contribution < 1.29 is 14.3 Å². The maximum Gasteiger partial charge on any atom is 0.232 e. The van der Waals surface area contributed by atoms with Gasteiger partial charge in [-0.25, -0.2) is 0 Å². The molecule has 0 aliphatic heterocycles. The van der Waals surface area contributed by atoms with Crippen molar-refractivity contribution in [2.24, 2.45) is 0 Å². The van der Waals surface area contributed by atoms with Crippen LogP contribution >= 0.6 is 0 Å². The van der Waals surface area contributed by atoms with E-state index in [0.717, 1.165) is 16.9 Å².